The Morgan fingerprint density at radius 1 is 1.14 bits per heavy atom. The smallest absolute Gasteiger partial charge is 0.243 e. The van der Waals surface area contributed by atoms with Crippen LogP contribution in [0.4, 0.5) is 11.5 Å². The first-order valence-corrected chi connectivity index (χ1v) is 15.3. The molecule has 198 valence electrons. The molecule has 8 nitrogen and oxygen atoms in total. The summed E-state index contributed by atoms with van der Waals surface area (Å²) < 4.78 is 28.2. The van der Waals surface area contributed by atoms with E-state index in [4.69, 9.17) is 9.97 Å². The summed E-state index contributed by atoms with van der Waals surface area (Å²) in [4.78, 5) is 26.3. The molecule has 1 atom stereocenters. The first kappa shape index (κ1) is 26.1. The number of anilines is 2. The minimum atomic E-state index is -3.63. The third-order valence-electron chi connectivity index (χ3n) is 7.12. The third kappa shape index (κ3) is 5.37. The van der Waals surface area contributed by atoms with Crippen molar-refractivity contribution in [3.63, 3.8) is 0 Å². The van der Waals surface area contributed by atoms with Gasteiger partial charge < -0.3 is 10.2 Å². The van der Waals surface area contributed by atoms with Crippen molar-refractivity contribution in [3.05, 3.63) is 40.5 Å². The van der Waals surface area contributed by atoms with Crippen LogP contribution in [0.25, 0.3) is 10.2 Å². The van der Waals surface area contributed by atoms with Gasteiger partial charge in [0.1, 0.15) is 16.5 Å². The molecular formula is C27H35N5O3S2. The number of aryl methyl sites for hydroxylation is 1. The Balaban J connectivity index is 1.40. The number of aromatic nitrogens is 2. The molecular weight excluding hydrogens is 506 g/mol. The molecule has 1 N–H and O–H groups in total. The second-order valence-electron chi connectivity index (χ2n) is 10.7. The van der Waals surface area contributed by atoms with E-state index in [9.17, 15) is 13.2 Å². The molecule has 0 spiro atoms. The van der Waals surface area contributed by atoms with Crippen LogP contribution in [0, 0.1) is 11.8 Å². The summed E-state index contributed by atoms with van der Waals surface area (Å²) >= 11 is 1.82. The van der Waals surface area contributed by atoms with Crippen molar-refractivity contribution in [2.45, 2.75) is 58.3 Å². The van der Waals surface area contributed by atoms with Gasteiger partial charge in [0.25, 0.3) is 0 Å². The highest BCUT2D eigenvalue weighted by Gasteiger charge is 2.31. The molecule has 1 amide bonds. The summed E-state index contributed by atoms with van der Waals surface area (Å²) in [6, 6.07) is 6.35. The van der Waals surface area contributed by atoms with E-state index >= 15 is 0 Å². The molecule has 1 fully saturated rings. The number of hydrogen-bond acceptors (Lipinski definition) is 7. The lowest BCUT2D eigenvalue weighted by Gasteiger charge is -2.35. The molecule has 1 saturated heterocycles. The molecule has 0 bridgehead atoms. The van der Waals surface area contributed by atoms with Gasteiger partial charge in [-0.25, -0.2) is 18.4 Å². The summed E-state index contributed by atoms with van der Waals surface area (Å²) in [6.07, 6.45) is 4.16. The Hall–Kier alpha value is -2.56. The molecule has 1 aliphatic carbocycles. The lowest BCUT2D eigenvalue weighted by atomic mass is 9.89. The van der Waals surface area contributed by atoms with E-state index < -0.39 is 10.0 Å². The van der Waals surface area contributed by atoms with Crippen molar-refractivity contribution >= 4 is 49.0 Å². The topological polar surface area (TPSA) is 95.5 Å². The summed E-state index contributed by atoms with van der Waals surface area (Å²) in [5.74, 6) is 2.80. The zero-order valence-corrected chi connectivity index (χ0v) is 23.6. The van der Waals surface area contributed by atoms with Crippen LogP contribution in [-0.4, -0.2) is 54.8 Å². The van der Waals surface area contributed by atoms with Gasteiger partial charge in [0.2, 0.25) is 15.9 Å². The van der Waals surface area contributed by atoms with Crippen LogP contribution < -0.4 is 10.2 Å². The van der Waals surface area contributed by atoms with Gasteiger partial charge in [-0.2, -0.15) is 4.31 Å². The molecule has 37 heavy (non-hydrogen) atoms. The molecule has 1 aromatic carbocycles. The van der Waals surface area contributed by atoms with Gasteiger partial charge in [0.15, 0.2) is 0 Å². The van der Waals surface area contributed by atoms with E-state index in [1.54, 1.807) is 28.6 Å². The van der Waals surface area contributed by atoms with Gasteiger partial charge in [-0.3, -0.25) is 4.79 Å². The van der Waals surface area contributed by atoms with Crippen molar-refractivity contribution in [1.29, 1.82) is 0 Å². The number of amides is 1. The van der Waals surface area contributed by atoms with Crippen LogP contribution in [0.5, 0.6) is 0 Å². The summed E-state index contributed by atoms with van der Waals surface area (Å²) in [5.41, 5.74) is 1.98. The maximum Gasteiger partial charge on any atom is 0.243 e. The van der Waals surface area contributed by atoms with Crippen LogP contribution in [0.15, 0.2) is 29.2 Å². The van der Waals surface area contributed by atoms with Crippen LogP contribution >= 0.6 is 11.3 Å². The lowest BCUT2D eigenvalue weighted by molar-refractivity contribution is -0.114. The number of carbonyl (C=O) groups is 1. The third-order valence-corrected chi connectivity index (χ3v) is 10.2. The molecule has 0 unspecified atom stereocenters. The Morgan fingerprint density at radius 2 is 1.84 bits per heavy atom. The van der Waals surface area contributed by atoms with Gasteiger partial charge in [-0.05, 0) is 60.9 Å². The molecule has 5 rings (SSSR count). The first-order chi connectivity index (χ1) is 17.6. The van der Waals surface area contributed by atoms with E-state index in [1.807, 2.05) is 11.3 Å². The largest absolute Gasteiger partial charge is 0.353 e. The molecule has 0 radical (unpaired) electrons. The Kier molecular flexibility index (Phi) is 7.26. The van der Waals surface area contributed by atoms with Crippen LogP contribution in [0.2, 0.25) is 0 Å². The minimum Gasteiger partial charge on any atom is -0.353 e. The predicted molar refractivity (Wildman–Crippen MR) is 149 cm³/mol. The lowest BCUT2D eigenvalue weighted by Crippen LogP contribution is -2.49. The van der Waals surface area contributed by atoms with Crippen LogP contribution in [-0.2, 0) is 34.1 Å². The number of thiophene rings is 1. The monoisotopic (exact) mass is 541 g/mol. The van der Waals surface area contributed by atoms with Gasteiger partial charge >= 0.3 is 0 Å². The number of sulfonamides is 1. The van der Waals surface area contributed by atoms with E-state index in [2.05, 4.69) is 31.0 Å². The molecule has 2 aliphatic rings. The normalized spacial score (nSPS) is 18.8. The molecule has 3 aromatic rings. The van der Waals surface area contributed by atoms with Crippen molar-refractivity contribution in [2.75, 3.05) is 36.4 Å². The Bertz CT molecular complexity index is 1410. The van der Waals surface area contributed by atoms with Crippen molar-refractivity contribution in [1.82, 2.24) is 14.3 Å². The second kappa shape index (κ2) is 10.3. The number of rotatable bonds is 6. The average Bonchev–Trinajstić information content (AvgIpc) is 3.20. The highest BCUT2D eigenvalue weighted by Crippen LogP contribution is 2.41. The number of hydrogen-bond donors (Lipinski definition) is 1. The SMILES string of the molecule is CC(=O)Nc1ccc(S(=O)(=O)N2CCN(c3nc(CC(C)C)nc4sc5c(c34)CC[C@H](C)C5)CC2)cc1. The molecule has 3 heterocycles. The number of piperazine rings is 1. The van der Waals surface area contributed by atoms with Crippen LogP contribution in [0.3, 0.4) is 0 Å². The van der Waals surface area contributed by atoms with Crippen LogP contribution in [0.1, 0.15) is 50.4 Å². The van der Waals surface area contributed by atoms with E-state index in [0.717, 1.165) is 35.7 Å². The number of nitrogens with one attached hydrogen (secondary N) is 1. The van der Waals surface area contributed by atoms with Gasteiger partial charge in [-0.15, -0.1) is 11.3 Å². The fraction of sp³-hybridized carbons (Fsp3) is 0.519. The number of carbonyl (C=O) groups excluding carboxylic acids is 1. The minimum absolute atomic E-state index is 0.191. The first-order valence-electron chi connectivity index (χ1n) is 13.1. The second-order valence-corrected chi connectivity index (χ2v) is 13.7. The molecule has 0 saturated carbocycles. The van der Waals surface area contributed by atoms with Gasteiger partial charge in [0, 0.05) is 50.1 Å². The molecule has 1 aliphatic heterocycles. The number of nitrogens with zero attached hydrogens (tertiary/aromatic N) is 4. The zero-order chi connectivity index (χ0) is 26.3. The zero-order valence-electron chi connectivity index (χ0n) is 22.0. The Morgan fingerprint density at radius 3 is 2.49 bits per heavy atom. The van der Waals surface area contributed by atoms with Crippen molar-refractivity contribution < 1.29 is 13.2 Å². The van der Waals surface area contributed by atoms with E-state index in [-0.39, 0.29) is 10.8 Å². The van der Waals surface area contributed by atoms with Gasteiger partial charge in [-0.1, -0.05) is 20.8 Å². The van der Waals surface area contributed by atoms with Crippen molar-refractivity contribution in [3.8, 4) is 0 Å². The quantitative estimate of drug-likeness (QED) is 0.494. The maximum absolute atomic E-state index is 13.3. The maximum atomic E-state index is 13.3. The number of fused-ring (bicyclic) bond motifs is 3. The fourth-order valence-electron chi connectivity index (χ4n) is 5.25. The highest BCUT2D eigenvalue weighted by atomic mass is 32.2. The summed E-state index contributed by atoms with van der Waals surface area (Å²) in [5, 5.41) is 3.86. The van der Waals surface area contributed by atoms with Gasteiger partial charge in [0.05, 0.1) is 10.3 Å². The van der Waals surface area contributed by atoms with E-state index in [0.29, 0.717) is 43.7 Å². The predicted octanol–water partition coefficient (Wildman–Crippen LogP) is 4.48. The summed E-state index contributed by atoms with van der Waals surface area (Å²) in [7, 11) is -3.63. The van der Waals surface area contributed by atoms with E-state index in [1.165, 1.54) is 29.2 Å². The molecule has 10 heteroatoms. The van der Waals surface area contributed by atoms with Crippen molar-refractivity contribution in [2.24, 2.45) is 11.8 Å². The average molecular weight is 542 g/mol. The number of benzene rings is 1. The standard InChI is InChI=1S/C27H35N5O3S2/c1-17(2)15-24-29-26(25-22-10-5-18(3)16-23(22)36-27(25)30-24)31-11-13-32(14-12-31)37(34,35)21-8-6-20(7-9-21)28-19(4)33/h6-9,17-18H,5,10-16H2,1-4H3,(H,28,33)/t18-/m0/s1. The highest BCUT2D eigenvalue weighted by molar-refractivity contribution is 7.89. The summed E-state index contributed by atoms with van der Waals surface area (Å²) in [6.45, 7) is 10.1. The Labute approximate surface area is 223 Å². The fourth-order valence-corrected chi connectivity index (χ4v) is 8.07. The molecule has 2 aromatic heterocycles.